The van der Waals surface area contributed by atoms with Gasteiger partial charge in [0, 0.05) is 0 Å². The monoisotopic (exact) mass is 222 g/mol. The van der Waals surface area contributed by atoms with Crippen LogP contribution < -0.4 is 11.5 Å². The summed E-state index contributed by atoms with van der Waals surface area (Å²) >= 11 is 11.3. The van der Waals surface area contributed by atoms with E-state index >= 15 is 0 Å². The van der Waals surface area contributed by atoms with Gasteiger partial charge in [-0.25, -0.2) is 0 Å². The van der Waals surface area contributed by atoms with Crippen molar-refractivity contribution in [2.75, 3.05) is 0 Å². The van der Waals surface area contributed by atoms with Gasteiger partial charge in [0.1, 0.15) is 5.16 Å². The van der Waals surface area contributed by atoms with Gasteiger partial charge in [-0.2, -0.15) is 0 Å². The highest BCUT2D eigenvalue weighted by atomic mass is 35.5. The normalized spacial score (nSPS) is 14.7. The Morgan fingerprint density at radius 1 is 1.23 bits per heavy atom. The fourth-order valence-corrected chi connectivity index (χ4v) is 1.59. The standard InChI is InChI=1S/C9H16Cl2N2/c1-3-6(4-2)7(9(11)13)5-8(10)12/h5-6H,3-4,12-13H2,1-2H3. The van der Waals surface area contributed by atoms with E-state index in [9.17, 15) is 0 Å². The van der Waals surface area contributed by atoms with Gasteiger partial charge < -0.3 is 11.5 Å². The molecule has 76 valence electrons. The van der Waals surface area contributed by atoms with Gasteiger partial charge in [-0.3, -0.25) is 0 Å². The predicted octanol–water partition coefficient (Wildman–Crippen LogP) is 2.87. The Balaban J connectivity index is 4.83. The molecule has 0 spiro atoms. The maximum absolute atomic E-state index is 5.74. The molecule has 0 saturated heterocycles. The molecule has 0 heterocycles. The molecule has 0 aromatic heterocycles. The highest BCUT2D eigenvalue weighted by molar-refractivity contribution is 6.30. The summed E-state index contributed by atoms with van der Waals surface area (Å²) in [6, 6.07) is 0. The molecule has 0 unspecified atom stereocenters. The summed E-state index contributed by atoms with van der Waals surface area (Å²) in [4.78, 5) is 0. The van der Waals surface area contributed by atoms with Crippen molar-refractivity contribution >= 4 is 23.2 Å². The Morgan fingerprint density at radius 2 is 1.69 bits per heavy atom. The summed E-state index contributed by atoms with van der Waals surface area (Å²) in [6.07, 6.45) is 3.57. The van der Waals surface area contributed by atoms with Crippen LogP contribution in [0.15, 0.2) is 22.0 Å². The zero-order valence-corrected chi connectivity index (χ0v) is 9.49. The second-order valence-corrected chi connectivity index (χ2v) is 3.69. The first kappa shape index (κ1) is 12.7. The largest absolute Gasteiger partial charge is 0.389 e. The molecule has 0 saturated carbocycles. The van der Waals surface area contributed by atoms with Crippen LogP contribution in [0.3, 0.4) is 0 Å². The van der Waals surface area contributed by atoms with Crippen LogP contribution in [-0.4, -0.2) is 0 Å². The van der Waals surface area contributed by atoms with E-state index in [1.54, 1.807) is 6.08 Å². The van der Waals surface area contributed by atoms with Gasteiger partial charge in [-0.15, -0.1) is 0 Å². The molecule has 4 heteroatoms. The van der Waals surface area contributed by atoms with E-state index in [2.05, 4.69) is 13.8 Å². The van der Waals surface area contributed by atoms with E-state index in [4.69, 9.17) is 34.7 Å². The Morgan fingerprint density at radius 3 is 1.92 bits per heavy atom. The number of hydrogen-bond acceptors (Lipinski definition) is 2. The van der Waals surface area contributed by atoms with E-state index in [-0.39, 0.29) is 10.3 Å². The minimum Gasteiger partial charge on any atom is -0.389 e. The third-order valence-corrected chi connectivity index (χ3v) is 2.32. The molecule has 13 heavy (non-hydrogen) atoms. The summed E-state index contributed by atoms with van der Waals surface area (Å²) in [7, 11) is 0. The first-order chi connectivity index (χ1) is 6.02. The van der Waals surface area contributed by atoms with Crippen LogP contribution in [0.4, 0.5) is 0 Å². The van der Waals surface area contributed by atoms with Crippen molar-refractivity contribution in [2.45, 2.75) is 26.7 Å². The molecular weight excluding hydrogens is 207 g/mol. The number of nitrogens with two attached hydrogens (primary N) is 2. The van der Waals surface area contributed by atoms with Crippen LogP contribution >= 0.6 is 23.2 Å². The highest BCUT2D eigenvalue weighted by Crippen LogP contribution is 2.24. The molecule has 0 amide bonds. The second-order valence-electron chi connectivity index (χ2n) is 2.85. The lowest BCUT2D eigenvalue weighted by molar-refractivity contribution is 0.580. The molecule has 0 aromatic carbocycles. The molecule has 0 aliphatic rings. The number of hydrogen-bond donors (Lipinski definition) is 2. The Hall–Kier alpha value is -0.340. The zero-order chi connectivity index (χ0) is 10.4. The average molecular weight is 223 g/mol. The molecule has 0 fully saturated rings. The van der Waals surface area contributed by atoms with Crippen molar-refractivity contribution in [3.05, 3.63) is 22.0 Å². The van der Waals surface area contributed by atoms with Crippen LogP contribution in [0.2, 0.25) is 0 Å². The van der Waals surface area contributed by atoms with Gasteiger partial charge in [0.25, 0.3) is 0 Å². The molecule has 0 radical (unpaired) electrons. The van der Waals surface area contributed by atoms with E-state index in [1.807, 2.05) is 0 Å². The molecule has 0 aliphatic heterocycles. The third-order valence-electron chi connectivity index (χ3n) is 1.99. The Kier molecular flexibility index (Phi) is 6.00. The first-order valence-corrected chi connectivity index (χ1v) is 5.06. The van der Waals surface area contributed by atoms with Gasteiger partial charge >= 0.3 is 0 Å². The molecule has 2 nitrogen and oxygen atoms in total. The lowest BCUT2D eigenvalue weighted by Crippen LogP contribution is -2.07. The van der Waals surface area contributed by atoms with Crippen LogP contribution in [0.5, 0.6) is 0 Å². The quantitative estimate of drug-likeness (QED) is 0.568. The number of allylic oxidation sites excluding steroid dienone is 2. The van der Waals surface area contributed by atoms with Gasteiger partial charge in [0.2, 0.25) is 0 Å². The van der Waals surface area contributed by atoms with Crippen LogP contribution in [0.25, 0.3) is 0 Å². The molecule has 0 aliphatic carbocycles. The molecule has 0 atom stereocenters. The second kappa shape index (κ2) is 6.17. The van der Waals surface area contributed by atoms with Crippen LogP contribution in [0.1, 0.15) is 26.7 Å². The van der Waals surface area contributed by atoms with Crippen LogP contribution in [0, 0.1) is 5.92 Å². The lowest BCUT2D eigenvalue weighted by Gasteiger charge is -2.14. The fourth-order valence-electron chi connectivity index (χ4n) is 1.26. The summed E-state index contributed by atoms with van der Waals surface area (Å²) < 4.78 is 0. The van der Waals surface area contributed by atoms with E-state index in [0.29, 0.717) is 5.92 Å². The number of rotatable bonds is 4. The van der Waals surface area contributed by atoms with Crippen molar-refractivity contribution in [1.29, 1.82) is 0 Å². The molecule has 0 rings (SSSR count). The van der Waals surface area contributed by atoms with Crippen molar-refractivity contribution in [2.24, 2.45) is 17.4 Å². The molecule has 0 aromatic rings. The van der Waals surface area contributed by atoms with Crippen molar-refractivity contribution < 1.29 is 0 Å². The predicted molar refractivity (Wildman–Crippen MR) is 59.3 cm³/mol. The lowest BCUT2D eigenvalue weighted by atomic mass is 9.94. The SMILES string of the molecule is CCC(CC)C(C=C(N)Cl)=C(N)Cl. The minimum absolute atomic E-state index is 0.213. The van der Waals surface area contributed by atoms with Crippen LogP contribution in [-0.2, 0) is 0 Å². The molecule has 0 bridgehead atoms. The highest BCUT2D eigenvalue weighted by Gasteiger charge is 2.11. The number of halogens is 2. The van der Waals surface area contributed by atoms with Crippen molar-refractivity contribution in [1.82, 2.24) is 0 Å². The van der Waals surface area contributed by atoms with Gasteiger partial charge in [-0.1, -0.05) is 37.0 Å². The zero-order valence-electron chi connectivity index (χ0n) is 7.98. The molecule has 4 N–H and O–H groups in total. The van der Waals surface area contributed by atoms with Gasteiger partial charge in [0.05, 0.1) is 5.16 Å². The molecular formula is C9H16Cl2N2. The Labute approximate surface area is 89.6 Å². The topological polar surface area (TPSA) is 52.0 Å². The smallest absolute Gasteiger partial charge is 0.103 e. The van der Waals surface area contributed by atoms with Crippen molar-refractivity contribution in [3.8, 4) is 0 Å². The summed E-state index contributed by atoms with van der Waals surface area (Å²) in [6.45, 7) is 4.15. The summed E-state index contributed by atoms with van der Waals surface area (Å²) in [5.41, 5.74) is 11.7. The van der Waals surface area contributed by atoms with E-state index < -0.39 is 0 Å². The Bertz CT molecular complexity index is 210. The van der Waals surface area contributed by atoms with E-state index in [0.717, 1.165) is 18.4 Å². The maximum atomic E-state index is 5.74. The van der Waals surface area contributed by atoms with Gasteiger partial charge in [0.15, 0.2) is 0 Å². The minimum atomic E-state index is 0.213. The summed E-state index contributed by atoms with van der Waals surface area (Å²) in [5, 5.41) is 0.489. The van der Waals surface area contributed by atoms with Gasteiger partial charge in [-0.05, 0) is 30.4 Å². The van der Waals surface area contributed by atoms with E-state index in [1.165, 1.54) is 0 Å². The first-order valence-electron chi connectivity index (χ1n) is 4.30. The third kappa shape index (κ3) is 4.44. The fraction of sp³-hybridized carbons (Fsp3) is 0.556. The maximum Gasteiger partial charge on any atom is 0.103 e. The average Bonchev–Trinajstić information content (AvgIpc) is 2.04. The van der Waals surface area contributed by atoms with Crippen molar-refractivity contribution in [3.63, 3.8) is 0 Å². The summed E-state index contributed by atoms with van der Waals surface area (Å²) in [5.74, 6) is 0.329.